The molecular weight excluding hydrogens is 368 g/mol. The summed E-state index contributed by atoms with van der Waals surface area (Å²) in [5.41, 5.74) is 0.451. The molecule has 2 rings (SSSR count). The Balaban J connectivity index is 2.04. The Bertz CT molecular complexity index is 773. The van der Waals surface area contributed by atoms with Crippen LogP contribution in [0.5, 0.6) is 0 Å². The lowest BCUT2D eigenvalue weighted by Crippen LogP contribution is -2.48. The fourth-order valence-electron chi connectivity index (χ4n) is 2.16. The Morgan fingerprint density at radius 3 is 2.56 bits per heavy atom. The highest BCUT2D eigenvalue weighted by atomic mass is 32.2. The van der Waals surface area contributed by atoms with Gasteiger partial charge in [0, 0.05) is 30.6 Å². The summed E-state index contributed by atoms with van der Waals surface area (Å²) in [6.45, 7) is 6.53. The Morgan fingerprint density at radius 2 is 1.93 bits per heavy atom. The molecule has 0 aromatic carbocycles. The summed E-state index contributed by atoms with van der Waals surface area (Å²) >= 11 is 1.21. The van der Waals surface area contributed by atoms with Crippen molar-refractivity contribution in [1.29, 1.82) is 0 Å². The van der Waals surface area contributed by atoms with Crippen LogP contribution in [0.25, 0.3) is 11.4 Å². The third-order valence-electron chi connectivity index (χ3n) is 3.25. The lowest BCUT2D eigenvalue weighted by molar-refractivity contribution is -0.117. The average molecular weight is 392 g/mol. The van der Waals surface area contributed by atoms with Gasteiger partial charge in [0.2, 0.25) is 5.91 Å². The van der Waals surface area contributed by atoms with E-state index in [9.17, 15) is 9.59 Å². The van der Waals surface area contributed by atoms with Crippen LogP contribution in [-0.2, 0) is 16.1 Å². The van der Waals surface area contributed by atoms with Crippen molar-refractivity contribution in [2.75, 3.05) is 19.5 Å². The zero-order chi connectivity index (χ0) is 19.9. The molecule has 9 nitrogen and oxygen atoms in total. The number of pyridine rings is 1. The number of rotatable bonds is 7. The topological polar surface area (TPSA) is 111 Å². The van der Waals surface area contributed by atoms with Gasteiger partial charge in [-0.3, -0.25) is 19.7 Å². The summed E-state index contributed by atoms with van der Waals surface area (Å²) in [7, 11) is 1.62. The summed E-state index contributed by atoms with van der Waals surface area (Å²) in [5.74, 6) is 0.301. The Kier molecular flexibility index (Phi) is 7.31. The molecule has 2 N–H and O–H groups in total. The molecule has 0 saturated heterocycles. The van der Waals surface area contributed by atoms with Gasteiger partial charge in [-0.05, 0) is 32.9 Å². The standard InChI is InChI=1S/C17H24N6O3S/c1-17(2,3)20-15(25)19-13(24)11-27-16-22-21-14(23(16)9-10-26-4)12-5-7-18-8-6-12/h5-8H,9-11H2,1-4H3,(H2,19,20,24,25). The fourth-order valence-corrected chi connectivity index (χ4v) is 2.92. The summed E-state index contributed by atoms with van der Waals surface area (Å²) in [4.78, 5) is 27.8. The lowest BCUT2D eigenvalue weighted by atomic mass is 10.1. The van der Waals surface area contributed by atoms with Crippen LogP contribution in [0.3, 0.4) is 0 Å². The number of carbonyl (C=O) groups excluding carboxylic acids is 2. The molecule has 0 bridgehead atoms. The van der Waals surface area contributed by atoms with Crippen molar-refractivity contribution < 1.29 is 14.3 Å². The molecule has 0 spiro atoms. The predicted molar refractivity (Wildman–Crippen MR) is 102 cm³/mol. The van der Waals surface area contributed by atoms with Crippen LogP contribution in [0.2, 0.25) is 0 Å². The highest BCUT2D eigenvalue weighted by Crippen LogP contribution is 2.23. The molecule has 0 fully saturated rings. The first kappa shape index (κ1) is 20.8. The normalized spacial score (nSPS) is 11.3. The van der Waals surface area contributed by atoms with E-state index < -0.39 is 17.5 Å². The first-order valence-electron chi connectivity index (χ1n) is 8.37. The van der Waals surface area contributed by atoms with Gasteiger partial charge in [0.1, 0.15) is 0 Å². The van der Waals surface area contributed by atoms with Crippen LogP contribution < -0.4 is 10.6 Å². The number of urea groups is 1. The van der Waals surface area contributed by atoms with Gasteiger partial charge < -0.3 is 10.1 Å². The minimum atomic E-state index is -0.522. The maximum atomic E-state index is 12.0. The number of aromatic nitrogens is 4. The number of methoxy groups -OCH3 is 1. The lowest BCUT2D eigenvalue weighted by Gasteiger charge is -2.20. The van der Waals surface area contributed by atoms with E-state index in [4.69, 9.17) is 4.74 Å². The number of nitrogens with zero attached hydrogens (tertiary/aromatic N) is 4. The van der Waals surface area contributed by atoms with Gasteiger partial charge in [-0.2, -0.15) is 0 Å². The van der Waals surface area contributed by atoms with Crippen LogP contribution in [0.1, 0.15) is 20.8 Å². The van der Waals surface area contributed by atoms with E-state index in [1.165, 1.54) is 11.8 Å². The average Bonchev–Trinajstić information content (AvgIpc) is 3.00. The van der Waals surface area contributed by atoms with Gasteiger partial charge in [-0.15, -0.1) is 10.2 Å². The van der Waals surface area contributed by atoms with E-state index in [0.717, 1.165) is 5.56 Å². The molecule has 10 heteroatoms. The number of thioether (sulfide) groups is 1. The number of hydrogen-bond acceptors (Lipinski definition) is 7. The van der Waals surface area contributed by atoms with Crippen LogP contribution in [0.15, 0.2) is 29.7 Å². The summed E-state index contributed by atoms with van der Waals surface area (Å²) < 4.78 is 7.04. The molecule has 2 aromatic rings. The zero-order valence-electron chi connectivity index (χ0n) is 15.9. The molecule has 0 aliphatic carbocycles. The second-order valence-electron chi connectivity index (χ2n) is 6.73. The largest absolute Gasteiger partial charge is 0.383 e. The van der Waals surface area contributed by atoms with Crippen LogP contribution in [-0.4, -0.2) is 56.7 Å². The van der Waals surface area contributed by atoms with E-state index in [2.05, 4.69) is 25.8 Å². The first-order chi connectivity index (χ1) is 12.8. The molecule has 0 saturated carbocycles. The van der Waals surface area contributed by atoms with Crippen LogP contribution in [0, 0.1) is 0 Å². The number of hydrogen-bond donors (Lipinski definition) is 2. The van der Waals surface area contributed by atoms with Gasteiger partial charge in [0.15, 0.2) is 11.0 Å². The Labute approximate surface area is 162 Å². The quantitative estimate of drug-likeness (QED) is 0.690. The van der Waals surface area contributed by atoms with Crippen molar-refractivity contribution in [3.8, 4) is 11.4 Å². The third-order valence-corrected chi connectivity index (χ3v) is 4.21. The van der Waals surface area contributed by atoms with Crippen molar-refractivity contribution in [3.63, 3.8) is 0 Å². The second kappa shape index (κ2) is 9.47. The number of carbonyl (C=O) groups is 2. The predicted octanol–water partition coefficient (Wildman–Crippen LogP) is 1.70. The number of nitrogens with one attached hydrogen (secondary N) is 2. The summed E-state index contributed by atoms with van der Waals surface area (Å²) in [5, 5.41) is 14.0. The van der Waals surface area contributed by atoms with Gasteiger partial charge in [0.05, 0.1) is 18.9 Å². The van der Waals surface area contributed by atoms with E-state index in [0.29, 0.717) is 24.1 Å². The molecule has 0 aliphatic rings. The maximum absolute atomic E-state index is 12.0. The minimum Gasteiger partial charge on any atom is -0.383 e. The van der Waals surface area contributed by atoms with Crippen molar-refractivity contribution >= 4 is 23.7 Å². The Hall–Kier alpha value is -2.46. The smallest absolute Gasteiger partial charge is 0.321 e. The Morgan fingerprint density at radius 1 is 1.22 bits per heavy atom. The molecule has 2 aromatic heterocycles. The van der Waals surface area contributed by atoms with Crippen molar-refractivity contribution in [2.24, 2.45) is 0 Å². The van der Waals surface area contributed by atoms with Crippen molar-refractivity contribution in [1.82, 2.24) is 30.4 Å². The highest BCUT2D eigenvalue weighted by molar-refractivity contribution is 7.99. The molecule has 0 radical (unpaired) electrons. The van der Waals surface area contributed by atoms with Gasteiger partial charge in [-0.25, -0.2) is 4.79 Å². The van der Waals surface area contributed by atoms with Gasteiger partial charge in [-0.1, -0.05) is 11.8 Å². The fraction of sp³-hybridized carbons (Fsp3) is 0.471. The monoisotopic (exact) mass is 392 g/mol. The minimum absolute atomic E-state index is 0.0407. The van der Waals surface area contributed by atoms with Crippen molar-refractivity contribution in [2.45, 2.75) is 38.0 Å². The van der Waals surface area contributed by atoms with Gasteiger partial charge >= 0.3 is 6.03 Å². The van der Waals surface area contributed by atoms with E-state index in [1.54, 1.807) is 19.5 Å². The van der Waals surface area contributed by atoms with Gasteiger partial charge in [0.25, 0.3) is 0 Å². The number of amides is 3. The second-order valence-corrected chi connectivity index (χ2v) is 7.67. The SMILES string of the molecule is COCCn1c(SCC(=O)NC(=O)NC(C)(C)C)nnc1-c1ccncc1. The van der Waals surface area contributed by atoms with Crippen LogP contribution >= 0.6 is 11.8 Å². The van der Waals surface area contributed by atoms with Crippen LogP contribution in [0.4, 0.5) is 4.79 Å². The molecular formula is C17H24N6O3S. The molecule has 27 heavy (non-hydrogen) atoms. The summed E-state index contributed by atoms with van der Waals surface area (Å²) in [6, 6.07) is 3.16. The van der Waals surface area contributed by atoms with E-state index in [-0.39, 0.29) is 5.75 Å². The third kappa shape index (κ3) is 6.65. The molecule has 3 amide bonds. The van der Waals surface area contributed by atoms with E-state index >= 15 is 0 Å². The molecule has 146 valence electrons. The molecule has 2 heterocycles. The number of ether oxygens (including phenoxy) is 1. The van der Waals surface area contributed by atoms with E-state index in [1.807, 2.05) is 37.5 Å². The number of imide groups is 1. The molecule has 0 unspecified atom stereocenters. The molecule has 0 atom stereocenters. The zero-order valence-corrected chi connectivity index (χ0v) is 16.7. The summed E-state index contributed by atoms with van der Waals surface area (Å²) in [6.07, 6.45) is 3.36. The molecule has 0 aliphatic heterocycles. The maximum Gasteiger partial charge on any atom is 0.321 e. The highest BCUT2D eigenvalue weighted by Gasteiger charge is 2.18. The van der Waals surface area contributed by atoms with Crippen molar-refractivity contribution in [3.05, 3.63) is 24.5 Å². The first-order valence-corrected chi connectivity index (χ1v) is 9.36.